The van der Waals surface area contributed by atoms with Gasteiger partial charge in [0.25, 0.3) is 0 Å². The Labute approximate surface area is 110 Å². The molecule has 2 atom stereocenters. The first-order chi connectivity index (χ1) is 8.43. The highest BCUT2D eigenvalue weighted by molar-refractivity contribution is 7.76. The Balaban J connectivity index is 3.46. The van der Waals surface area contributed by atoms with Gasteiger partial charge in [0.2, 0.25) is 0 Å². The van der Waals surface area contributed by atoms with Gasteiger partial charge in [0.05, 0.1) is 11.7 Å². The van der Waals surface area contributed by atoms with Crippen LogP contribution in [0.2, 0.25) is 0 Å². The van der Waals surface area contributed by atoms with E-state index in [1.54, 1.807) is 38.2 Å². The molecule has 0 aromatic carbocycles. The lowest BCUT2D eigenvalue weighted by molar-refractivity contribution is -0.114. The van der Waals surface area contributed by atoms with Crippen molar-refractivity contribution in [1.29, 1.82) is 0 Å². The van der Waals surface area contributed by atoms with Gasteiger partial charge in [-0.3, -0.25) is 13.3 Å². The molecular weight excluding hydrogens is 250 g/mol. The molecule has 0 N–H and O–H groups in total. The van der Waals surface area contributed by atoms with Crippen LogP contribution in [0.3, 0.4) is 0 Å². The molecule has 0 spiro atoms. The SMILES string of the molecule is C=C/C=C1/C=C(C(C)=O)[C@@H](C)N(S(=O)[O-])/C1=C/C. The number of hydrogen-bond donors (Lipinski definition) is 0. The van der Waals surface area contributed by atoms with Crippen molar-refractivity contribution in [2.24, 2.45) is 0 Å². The zero-order valence-corrected chi connectivity index (χ0v) is 11.5. The van der Waals surface area contributed by atoms with Crippen LogP contribution in [0.15, 0.2) is 47.7 Å². The number of carbonyl (C=O) groups excluding carboxylic acids is 1. The van der Waals surface area contributed by atoms with Crippen molar-refractivity contribution in [2.45, 2.75) is 26.8 Å². The second-order valence-corrected chi connectivity index (χ2v) is 4.73. The Kier molecular flexibility index (Phi) is 4.81. The Morgan fingerprint density at radius 3 is 2.61 bits per heavy atom. The Hall–Kier alpha value is -1.46. The van der Waals surface area contributed by atoms with Crippen LogP contribution < -0.4 is 0 Å². The molecule has 0 fully saturated rings. The minimum absolute atomic E-state index is 0.136. The van der Waals surface area contributed by atoms with E-state index in [-0.39, 0.29) is 5.78 Å². The fraction of sp³-hybridized carbons (Fsp3) is 0.308. The predicted octanol–water partition coefficient (Wildman–Crippen LogP) is 2.02. The van der Waals surface area contributed by atoms with Crippen LogP contribution in [-0.4, -0.2) is 24.9 Å². The number of ketones is 1. The average molecular weight is 266 g/mol. The molecular formula is C13H16NO3S-. The van der Waals surface area contributed by atoms with Crippen molar-refractivity contribution >= 4 is 17.0 Å². The van der Waals surface area contributed by atoms with Crippen LogP contribution in [0.4, 0.5) is 0 Å². The third-order valence-corrected chi connectivity index (χ3v) is 3.62. The standard InChI is InChI=1S/C13H17NO3S/c1-5-7-11-8-12(10(4)15)9(3)14(18(16)17)13(11)6-2/h5-9H,1H2,2-4H3,(H,16,17)/p-1/b11-7-,13-6+/t9-/m1/s1. The molecule has 5 heteroatoms. The van der Waals surface area contributed by atoms with E-state index in [0.29, 0.717) is 16.8 Å². The van der Waals surface area contributed by atoms with Crippen molar-refractivity contribution < 1.29 is 13.6 Å². The minimum Gasteiger partial charge on any atom is -0.755 e. The summed E-state index contributed by atoms with van der Waals surface area (Å²) in [6.45, 7) is 8.47. The summed E-state index contributed by atoms with van der Waals surface area (Å²) in [6, 6.07) is -0.492. The van der Waals surface area contributed by atoms with Crippen LogP contribution in [0.1, 0.15) is 20.8 Å². The normalized spacial score (nSPS) is 26.1. The van der Waals surface area contributed by atoms with E-state index in [1.807, 2.05) is 0 Å². The number of nitrogens with zero attached hydrogens (tertiary/aromatic N) is 1. The lowest BCUT2D eigenvalue weighted by atomic mass is 9.94. The van der Waals surface area contributed by atoms with Crippen LogP contribution in [0, 0.1) is 0 Å². The first-order valence-electron chi connectivity index (χ1n) is 5.54. The van der Waals surface area contributed by atoms with Crippen molar-refractivity contribution in [3.8, 4) is 0 Å². The maximum absolute atomic E-state index is 11.6. The van der Waals surface area contributed by atoms with Gasteiger partial charge in [-0.15, -0.1) is 0 Å². The molecule has 0 bridgehead atoms. The van der Waals surface area contributed by atoms with E-state index in [4.69, 9.17) is 0 Å². The number of rotatable bonds is 3. The van der Waals surface area contributed by atoms with E-state index in [9.17, 15) is 13.6 Å². The molecule has 98 valence electrons. The Morgan fingerprint density at radius 1 is 1.61 bits per heavy atom. The van der Waals surface area contributed by atoms with E-state index < -0.39 is 17.3 Å². The maximum atomic E-state index is 11.6. The maximum Gasteiger partial charge on any atom is 0.157 e. The largest absolute Gasteiger partial charge is 0.755 e. The topological polar surface area (TPSA) is 60.4 Å². The molecule has 0 amide bonds. The summed E-state index contributed by atoms with van der Waals surface area (Å²) in [5, 5.41) is 0. The molecule has 4 nitrogen and oxygen atoms in total. The number of carbonyl (C=O) groups is 1. The fourth-order valence-electron chi connectivity index (χ4n) is 1.98. The van der Waals surface area contributed by atoms with Crippen molar-refractivity contribution in [1.82, 2.24) is 4.31 Å². The van der Waals surface area contributed by atoms with Gasteiger partial charge in [-0.05, 0) is 32.4 Å². The highest BCUT2D eigenvalue weighted by Gasteiger charge is 2.29. The van der Waals surface area contributed by atoms with E-state index in [2.05, 4.69) is 6.58 Å². The lowest BCUT2D eigenvalue weighted by Gasteiger charge is -2.38. The molecule has 18 heavy (non-hydrogen) atoms. The van der Waals surface area contributed by atoms with Gasteiger partial charge in [-0.1, -0.05) is 24.8 Å². The smallest absolute Gasteiger partial charge is 0.157 e. The summed E-state index contributed by atoms with van der Waals surface area (Å²) in [5.41, 5.74) is 1.69. The molecule has 0 aromatic rings. The highest BCUT2D eigenvalue weighted by Crippen LogP contribution is 2.31. The molecule has 0 saturated heterocycles. The number of Topliss-reactive ketones (excluding diaryl/α,β-unsaturated/α-hetero) is 1. The molecule has 0 radical (unpaired) electrons. The van der Waals surface area contributed by atoms with Crippen LogP contribution >= 0.6 is 0 Å². The molecule has 1 rings (SSSR count). The molecule has 1 aliphatic heterocycles. The quantitative estimate of drug-likeness (QED) is 0.734. The van der Waals surface area contributed by atoms with Gasteiger partial charge in [-0.25, -0.2) is 0 Å². The van der Waals surface area contributed by atoms with Gasteiger partial charge >= 0.3 is 0 Å². The van der Waals surface area contributed by atoms with Gasteiger partial charge in [0.15, 0.2) is 5.78 Å². The third kappa shape index (κ3) is 2.68. The molecule has 1 unspecified atom stereocenters. The van der Waals surface area contributed by atoms with Crippen molar-refractivity contribution in [3.63, 3.8) is 0 Å². The summed E-state index contributed by atoms with van der Waals surface area (Å²) in [4.78, 5) is 11.6. The summed E-state index contributed by atoms with van der Waals surface area (Å²) < 4.78 is 23.9. The van der Waals surface area contributed by atoms with E-state index in [0.717, 1.165) is 0 Å². The zero-order valence-electron chi connectivity index (χ0n) is 10.7. The van der Waals surface area contributed by atoms with Crippen molar-refractivity contribution in [2.75, 3.05) is 0 Å². The third-order valence-electron chi connectivity index (χ3n) is 2.78. The van der Waals surface area contributed by atoms with Gasteiger partial charge in [0, 0.05) is 16.8 Å². The van der Waals surface area contributed by atoms with Gasteiger partial charge < -0.3 is 4.55 Å². The zero-order chi connectivity index (χ0) is 13.9. The predicted molar refractivity (Wildman–Crippen MR) is 71.0 cm³/mol. The second kappa shape index (κ2) is 5.93. The molecule has 0 saturated carbocycles. The summed E-state index contributed by atoms with van der Waals surface area (Å²) >= 11 is -2.43. The van der Waals surface area contributed by atoms with Crippen LogP contribution in [-0.2, 0) is 16.1 Å². The number of allylic oxidation sites excluding steroid dienone is 4. The fourth-order valence-corrected chi connectivity index (χ4v) is 2.73. The van der Waals surface area contributed by atoms with Crippen molar-refractivity contribution in [3.05, 3.63) is 47.7 Å². The lowest BCUT2D eigenvalue weighted by Crippen LogP contribution is -2.40. The summed E-state index contributed by atoms with van der Waals surface area (Å²) in [6.07, 6.45) is 6.67. The summed E-state index contributed by atoms with van der Waals surface area (Å²) in [7, 11) is 0. The monoisotopic (exact) mass is 266 g/mol. The Morgan fingerprint density at radius 2 is 2.22 bits per heavy atom. The average Bonchev–Trinajstić information content (AvgIpc) is 2.29. The van der Waals surface area contributed by atoms with Gasteiger partial charge in [-0.2, -0.15) is 0 Å². The first-order valence-corrected chi connectivity index (χ1v) is 6.57. The molecule has 0 aromatic heterocycles. The van der Waals surface area contributed by atoms with Crippen LogP contribution in [0.25, 0.3) is 0 Å². The highest BCUT2D eigenvalue weighted by atomic mass is 32.2. The molecule has 1 heterocycles. The molecule has 1 aliphatic rings. The first kappa shape index (κ1) is 14.6. The summed E-state index contributed by atoms with van der Waals surface area (Å²) in [5.74, 6) is -0.136. The van der Waals surface area contributed by atoms with E-state index in [1.165, 1.54) is 11.2 Å². The van der Waals surface area contributed by atoms with E-state index >= 15 is 0 Å². The van der Waals surface area contributed by atoms with Gasteiger partial charge in [0.1, 0.15) is 0 Å². The minimum atomic E-state index is -2.43. The van der Waals surface area contributed by atoms with Crippen LogP contribution in [0.5, 0.6) is 0 Å². The Bertz CT molecular complexity index is 488. The molecule has 0 aliphatic carbocycles. The second-order valence-electron chi connectivity index (χ2n) is 3.91. The number of hydrogen-bond acceptors (Lipinski definition) is 3.